The number of hydrogen-bond donors (Lipinski definition) is 2. The summed E-state index contributed by atoms with van der Waals surface area (Å²) in [5, 5.41) is 12.5. The van der Waals surface area contributed by atoms with Gasteiger partial charge in [0.05, 0.1) is 6.10 Å². The molecule has 0 bridgehead atoms. The second kappa shape index (κ2) is 8.66. The minimum Gasteiger partial charge on any atom is -0.393 e. The van der Waals surface area contributed by atoms with E-state index in [1.165, 1.54) is 12.4 Å². The molecule has 156 valence electrons. The maximum absolute atomic E-state index is 14.9. The topological polar surface area (TPSA) is 87.1 Å². The van der Waals surface area contributed by atoms with Crippen molar-refractivity contribution in [1.29, 1.82) is 0 Å². The van der Waals surface area contributed by atoms with Crippen LogP contribution in [-0.2, 0) is 6.54 Å². The molecule has 0 spiro atoms. The van der Waals surface area contributed by atoms with Crippen LogP contribution in [0.25, 0.3) is 11.3 Å². The van der Waals surface area contributed by atoms with E-state index in [1.54, 1.807) is 29.4 Å². The first-order valence-electron chi connectivity index (χ1n) is 9.76. The third-order valence-corrected chi connectivity index (χ3v) is 5.06. The van der Waals surface area contributed by atoms with Gasteiger partial charge in [-0.05, 0) is 43.5 Å². The van der Waals surface area contributed by atoms with Gasteiger partial charge in [0.1, 0.15) is 17.8 Å². The van der Waals surface area contributed by atoms with Crippen molar-refractivity contribution in [1.82, 2.24) is 19.9 Å². The van der Waals surface area contributed by atoms with Crippen molar-refractivity contribution in [2.75, 3.05) is 23.3 Å². The Balaban J connectivity index is 1.47. The highest BCUT2D eigenvalue weighted by Gasteiger charge is 2.22. The molecule has 1 fully saturated rings. The second-order valence-electron chi connectivity index (χ2n) is 7.29. The Bertz CT molecular complexity index is 1040. The maximum Gasteiger partial charge on any atom is 0.207 e. The zero-order chi connectivity index (χ0) is 21.1. The first kappa shape index (κ1) is 20.1. The number of aliphatic hydroxyl groups is 1. The average Bonchev–Trinajstić information content (AvgIpc) is 2.74. The normalized spacial score (nSPS) is 14.7. The van der Waals surface area contributed by atoms with Gasteiger partial charge in [-0.25, -0.2) is 14.4 Å². The first-order chi connectivity index (χ1) is 14.5. The summed E-state index contributed by atoms with van der Waals surface area (Å²) in [7, 11) is 0. The van der Waals surface area contributed by atoms with Gasteiger partial charge >= 0.3 is 0 Å². The van der Waals surface area contributed by atoms with Crippen molar-refractivity contribution in [3.63, 3.8) is 0 Å². The molecule has 2 N–H and O–H groups in total. The molecule has 30 heavy (non-hydrogen) atoms. The van der Waals surface area contributed by atoms with Crippen molar-refractivity contribution in [2.45, 2.75) is 32.4 Å². The molecular formula is C21H22F2N6O. The van der Waals surface area contributed by atoms with E-state index in [0.29, 0.717) is 37.1 Å². The van der Waals surface area contributed by atoms with Gasteiger partial charge in [-0.2, -0.15) is 4.39 Å². The number of hydrogen-bond acceptors (Lipinski definition) is 7. The van der Waals surface area contributed by atoms with E-state index < -0.39 is 11.6 Å². The summed E-state index contributed by atoms with van der Waals surface area (Å²) in [4.78, 5) is 18.1. The molecule has 0 aromatic carbocycles. The van der Waals surface area contributed by atoms with Crippen LogP contribution in [0.15, 0.2) is 36.9 Å². The summed E-state index contributed by atoms with van der Waals surface area (Å²) in [6, 6.07) is 4.84. The van der Waals surface area contributed by atoms with Crippen molar-refractivity contribution >= 4 is 11.6 Å². The number of aryl methyl sites for hydroxylation is 1. The Labute approximate surface area is 172 Å². The molecule has 1 aliphatic rings. The van der Waals surface area contributed by atoms with E-state index in [-0.39, 0.29) is 30.0 Å². The van der Waals surface area contributed by atoms with Crippen LogP contribution < -0.4 is 10.2 Å². The van der Waals surface area contributed by atoms with Crippen LogP contribution >= 0.6 is 0 Å². The fourth-order valence-electron chi connectivity index (χ4n) is 3.45. The Morgan fingerprint density at radius 2 is 1.93 bits per heavy atom. The van der Waals surface area contributed by atoms with Gasteiger partial charge in [0, 0.05) is 43.3 Å². The lowest BCUT2D eigenvalue weighted by Gasteiger charge is -2.30. The van der Waals surface area contributed by atoms with Crippen LogP contribution in [0.3, 0.4) is 0 Å². The molecular weight excluding hydrogens is 390 g/mol. The highest BCUT2D eigenvalue weighted by molar-refractivity contribution is 5.60. The van der Waals surface area contributed by atoms with E-state index in [1.807, 2.05) is 6.92 Å². The number of anilines is 2. The van der Waals surface area contributed by atoms with Crippen molar-refractivity contribution in [2.24, 2.45) is 0 Å². The fraction of sp³-hybridized carbons (Fsp3) is 0.333. The molecule has 0 amide bonds. The van der Waals surface area contributed by atoms with Gasteiger partial charge in [0.2, 0.25) is 5.82 Å². The van der Waals surface area contributed by atoms with Crippen LogP contribution in [0.5, 0.6) is 0 Å². The van der Waals surface area contributed by atoms with E-state index in [0.717, 1.165) is 5.69 Å². The molecule has 0 atom stereocenters. The Kier molecular flexibility index (Phi) is 5.80. The number of aromatic nitrogens is 4. The predicted molar refractivity (Wildman–Crippen MR) is 109 cm³/mol. The molecule has 3 aromatic rings. The lowest BCUT2D eigenvalue weighted by atomic mass is 10.1. The fourth-order valence-corrected chi connectivity index (χ4v) is 3.45. The molecule has 4 rings (SSSR count). The summed E-state index contributed by atoms with van der Waals surface area (Å²) in [6.07, 6.45) is 5.23. The summed E-state index contributed by atoms with van der Waals surface area (Å²) >= 11 is 0. The lowest BCUT2D eigenvalue weighted by molar-refractivity contribution is 0.145. The molecule has 4 heterocycles. The lowest BCUT2D eigenvalue weighted by Crippen LogP contribution is -2.37. The molecule has 1 aliphatic heterocycles. The third kappa shape index (κ3) is 4.35. The van der Waals surface area contributed by atoms with Gasteiger partial charge in [-0.15, -0.1) is 0 Å². The van der Waals surface area contributed by atoms with E-state index in [2.05, 4.69) is 25.3 Å². The Morgan fingerprint density at radius 1 is 1.13 bits per heavy atom. The van der Waals surface area contributed by atoms with E-state index >= 15 is 0 Å². The highest BCUT2D eigenvalue weighted by Crippen LogP contribution is 2.25. The SMILES string of the molecule is Cc1cc(-c2ncc(CNc3ncnc(N4CCC(O)CC4)c3F)cc2F)ccn1. The summed E-state index contributed by atoms with van der Waals surface area (Å²) in [6.45, 7) is 3.04. The number of pyridine rings is 2. The van der Waals surface area contributed by atoms with E-state index in [9.17, 15) is 13.9 Å². The zero-order valence-electron chi connectivity index (χ0n) is 16.5. The number of piperidine rings is 1. The molecule has 0 saturated carbocycles. The van der Waals surface area contributed by atoms with Crippen LogP contribution in [0.4, 0.5) is 20.4 Å². The van der Waals surface area contributed by atoms with Crippen LogP contribution in [0.1, 0.15) is 24.1 Å². The monoisotopic (exact) mass is 412 g/mol. The van der Waals surface area contributed by atoms with Crippen molar-refractivity contribution in [3.8, 4) is 11.3 Å². The number of halogens is 2. The van der Waals surface area contributed by atoms with Crippen LogP contribution in [0.2, 0.25) is 0 Å². The largest absolute Gasteiger partial charge is 0.393 e. The summed E-state index contributed by atoms with van der Waals surface area (Å²) in [5.41, 5.74) is 2.23. The number of nitrogens with zero attached hydrogens (tertiary/aromatic N) is 5. The smallest absolute Gasteiger partial charge is 0.207 e. The minimum absolute atomic E-state index is 0.0420. The molecule has 7 nitrogen and oxygen atoms in total. The van der Waals surface area contributed by atoms with Gasteiger partial charge in [0.25, 0.3) is 0 Å². The predicted octanol–water partition coefficient (Wildman–Crippen LogP) is 3.09. The second-order valence-corrected chi connectivity index (χ2v) is 7.29. The molecule has 3 aromatic heterocycles. The number of rotatable bonds is 5. The quantitative estimate of drug-likeness (QED) is 0.666. The Hall–Kier alpha value is -3.20. The van der Waals surface area contributed by atoms with Crippen molar-refractivity contribution < 1.29 is 13.9 Å². The molecule has 0 radical (unpaired) electrons. The third-order valence-electron chi connectivity index (χ3n) is 5.06. The van der Waals surface area contributed by atoms with Gasteiger partial charge in [-0.3, -0.25) is 9.97 Å². The van der Waals surface area contributed by atoms with Crippen molar-refractivity contribution in [3.05, 3.63) is 59.8 Å². The minimum atomic E-state index is -0.564. The van der Waals surface area contributed by atoms with Gasteiger partial charge in [-0.1, -0.05) is 0 Å². The average molecular weight is 412 g/mol. The van der Waals surface area contributed by atoms with Gasteiger partial charge < -0.3 is 15.3 Å². The van der Waals surface area contributed by atoms with Gasteiger partial charge in [0.15, 0.2) is 11.6 Å². The summed E-state index contributed by atoms with van der Waals surface area (Å²) < 4.78 is 29.4. The number of aliphatic hydroxyl groups excluding tert-OH is 1. The zero-order valence-corrected chi connectivity index (χ0v) is 16.5. The summed E-state index contributed by atoms with van der Waals surface area (Å²) in [5.74, 6) is -0.783. The molecule has 0 aliphatic carbocycles. The Morgan fingerprint density at radius 3 is 2.67 bits per heavy atom. The highest BCUT2D eigenvalue weighted by atomic mass is 19.1. The number of nitrogens with one attached hydrogen (secondary N) is 1. The first-order valence-corrected chi connectivity index (χ1v) is 9.76. The van der Waals surface area contributed by atoms with Crippen LogP contribution in [0, 0.1) is 18.6 Å². The molecule has 0 unspecified atom stereocenters. The molecule has 1 saturated heterocycles. The van der Waals surface area contributed by atoms with Crippen LogP contribution in [-0.4, -0.2) is 44.2 Å². The van der Waals surface area contributed by atoms with E-state index in [4.69, 9.17) is 0 Å². The standard InChI is InChI=1S/C21H22F2N6O/c1-13-8-15(2-5-24-13)19-17(22)9-14(10-25-19)11-26-20-18(23)21(28-12-27-20)29-6-3-16(30)4-7-29/h2,5,8-10,12,16,30H,3-4,6-7,11H2,1H3,(H,26,27,28). The maximum atomic E-state index is 14.9. The molecule has 9 heteroatoms.